The lowest BCUT2D eigenvalue weighted by Gasteiger charge is -2.16. The Morgan fingerprint density at radius 2 is 1.65 bits per heavy atom. The Bertz CT molecular complexity index is 696. The molecule has 1 amide bonds. The quantitative estimate of drug-likeness (QED) is 0.493. The number of esters is 1. The monoisotopic (exact) mass is 332 g/mol. The highest BCUT2D eigenvalue weighted by Crippen LogP contribution is 2.29. The first-order valence-electron chi connectivity index (χ1n) is 5.90. The van der Waals surface area contributed by atoms with E-state index in [9.17, 15) is 37.5 Å². The summed E-state index contributed by atoms with van der Waals surface area (Å²) in [6, 6.07) is 1.29. The number of Topliss-reactive ketones (excluding diaryl/α,β-unsaturated/α-hetero) is 1. The van der Waals surface area contributed by atoms with Gasteiger partial charge in [-0.05, 0) is 13.0 Å². The molecule has 0 saturated carbocycles. The van der Waals surface area contributed by atoms with Gasteiger partial charge in [0, 0.05) is 18.6 Å². The Hall–Kier alpha value is -2.91. The average Bonchev–Trinajstić information content (AvgIpc) is 2.35. The lowest BCUT2D eigenvalue weighted by molar-refractivity contribution is -0.254. The van der Waals surface area contributed by atoms with Crippen molar-refractivity contribution >= 4 is 29.3 Å². The fourth-order valence-electron chi connectivity index (χ4n) is 1.56. The number of alkyl halides is 3. The van der Waals surface area contributed by atoms with E-state index in [1.54, 1.807) is 0 Å². The minimum atomic E-state index is -5.27. The first kappa shape index (κ1) is 18.1. The third-order valence-corrected chi connectivity index (χ3v) is 2.48. The summed E-state index contributed by atoms with van der Waals surface area (Å²) in [5, 5.41) is 12.3. The van der Waals surface area contributed by atoms with Gasteiger partial charge < -0.3 is 20.0 Å². The number of carbonyl (C=O) groups excluding carboxylic acids is 4. The Morgan fingerprint density at radius 1 is 1.09 bits per heavy atom. The van der Waals surface area contributed by atoms with Crippen molar-refractivity contribution in [3.05, 3.63) is 23.3 Å². The van der Waals surface area contributed by atoms with Gasteiger partial charge in [-0.25, -0.2) is 0 Å². The number of aromatic carboxylic acids is 1. The van der Waals surface area contributed by atoms with E-state index in [1.807, 2.05) is 0 Å². The number of hydrogen-bond donors (Lipinski definition) is 1. The number of anilines is 1. The molecule has 0 atom stereocenters. The average molecular weight is 332 g/mol. The van der Waals surface area contributed by atoms with E-state index in [0.29, 0.717) is 12.1 Å². The maximum atomic E-state index is 12.3. The highest BCUT2D eigenvalue weighted by molar-refractivity contribution is 6.06. The van der Waals surface area contributed by atoms with Crippen LogP contribution in [0.15, 0.2) is 12.1 Å². The molecule has 1 aromatic carbocycles. The largest absolute Gasteiger partial charge is 0.545 e. The number of carbonyl (C=O) groups is 4. The molecule has 10 heteroatoms. The smallest absolute Gasteiger partial charge is 0.471 e. The molecule has 0 saturated heterocycles. The summed E-state index contributed by atoms with van der Waals surface area (Å²) in [6.45, 7) is 1.99. The molecule has 23 heavy (non-hydrogen) atoms. The van der Waals surface area contributed by atoms with Crippen LogP contribution >= 0.6 is 0 Å². The molecular formula is C13H9F3NO6-. The molecule has 0 fully saturated rings. The third kappa shape index (κ3) is 4.53. The fraction of sp³-hybridized carbons (Fsp3) is 0.231. The second kappa shape index (κ2) is 6.46. The summed E-state index contributed by atoms with van der Waals surface area (Å²) < 4.78 is 41.5. The Kier molecular flexibility index (Phi) is 5.10. The molecule has 124 valence electrons. The zero-order valence-corrected chi connectivity index (χ0v) is 11.7. The molecule has 0 aliphatic heterocycles. The molecule has 0 heterocycles. The lowest BCUT2D eigenvalue weighted by atomic mass is 10.0. The lowest BCUT2D eigenvalue weighted by Crippen LogP contribution is -2.32. The molecule has 0 spiro atoms. The molecule has 0 aromatic heterocycles. The van der Waals surface area contributed by atoms with Gasteiger partial charge in [0.2, 0.25) is 0 Å². The molecule has 0 unspecified atom stereocenters. The maximum Gasteiger partial charge on any atom is 0.471 e. The van der Waals surface area contributed by atoms with Gasteiger partial charge in [0.05, 0.1) is 17.2 Å². The number of ketones is 1. The second-order valence-electron chi connectivity index (χ2n) is 4.28. The van der Waals surface area contributed by atoms with Gasteiger partial charge in [-0.3, -0.25) is 14.4 Å². The number of benzene rings is 1. The van der Waals surface area contributed by atoms with Crippen LogP contribution in [0.5, 0.6) is 5.75 Å². The first-order chi connectivity index (χ1) is 10.4. The van der Waals surface area contributed by atoms with Crippen LogP contribution in [0, 0.1) is 0 Å². The van der Waals surface area contributed by atoms with E-state index in [2.05, 4.69) is 4.74 Å². The van der Waals surface area contributed by atoms with Crippen LogP contribution < -0.4 is 15.2 Å². The molecule has 0 radical (unpaired) electrons. The van der Waals surface area contributed by atoms with E-state index < -0.39 is 46.8 Å². The van der Waals surface area contributed by atoms with Crippen LogP contribution in [-0.2, 0) is 9.59 Å². The molecule has 1 N–H and O–H groups in total. The van der Waals surface area contributed by atoms with Crippen molar-refractivity contribution in [2.24, 2.45) is 0 Å². The summed E-state index contributed by atoms with van der Waals surface area (Å²) in [6.07, 6.45) is -5.27. The molecule has 1 rings (SSSR count). The maximum absolute atomic E-state index is 12.3. The van der Waals surface area contributed by atoms with Crippen LogP contribution in [0.2, 0.25) is 0 Å². The highest BCUT2D eigenvalue weighted by Gasteiger charge is 2.39. The number of hydrogen-bond acceptors (Lipinski definition) is 6. The highest BCUT2D eigenvalue weighted by atomic mass is 19.4. The van der Waals surface area contributed by atoms with Crippen molar-refractivity contribution in [2.75, 3.05) is 5.32 Å². The van der Waals surface area contributed by atoms with Gasteiger partial charge in [0.15, 0.2) is 5.78 Å². The number of carboxylic acids is 1. The van der Waals surface area contributed by atoms with Gasteiger partial charge in [0.25, 0.3) is 0 Å². The summed E-state index contributed by atoms with van der Waals surface area (Å²) in [5.41, 5.74) is -2.07. The normalized spacial score (nSPS) is 10.8. The van der Waals surface area contributed by atoms with Gasteiger partial charge >= 0.3 is 18.1 Å². The van der Waals surface area contributed by atoms with E-state index in [0.717, 1.165) is 13.8 Å². The predicted molar refractivity (Wildman–Crippen MR) is 66.8 cm³/mol. The van der Waals surface area contributed by atoms with E-state index >= 15 is 0 Å². The molecule has 0 aliphatic rings. The number of halogens is 3. The zero-order chi connectivity index (χ0) is 17.9. The minimum absolute atomic E-state index is 0.371. The molecule has 0 aliphatic carbocycles. The number of amides is 1. The van der Waals surface area contributed by atoms with Crippen molar-refractivity contribution in [3.8, 4) is 5.75 Å². The molecule has 7 nitrogen and oxygen atoms in total. The minimum Gasteiger partial charge on any atom is -0.545 e. The van der Waals surface area contributed by atoms with Crippen molar-refractivity contribution in [1.82, 2.24) is 0 Å². The SMILES string of the molecule is CC(=O)Oc1cc(NC(=O)C(F)(F)F)c(C(=O)[O-])cc1C(C)=O. The Labute approximate surface area is 127 Å². The summed E-state index contributed by atoms with van der Waals surface area (Å²) in [5.74, 6) is -6.48. The van der Waals surface area contributed by atoms with Gasteiger partial charge in [0.1, 0.15) is 5.75 Å². The second-order valence-corrected chi connectivity index (χ2v) is 4.28. The van der Waals surface area contributed by atoms with E-state index in [4.69, 9.17) is 0 Å². The Morgan fingerprint density at radius 3 is 2.04 bits per heavy atom. The van der Waals surface area contributed by atoms with Gasteiger partial charge in [-0.15, -0.1) is 0 Å². The van der Waals surface area contributed by atoms with Crippen LogP contribution in [0.1, 0.15) is 34.6 Å². The predicted octanol–water partition coefficient (Wildman–Crippen LogP) is 0.679. The zero-order valence-electron chi connectivity index (χ0n) is 11.7. The van der Waals surface area contributed by atoms with Crippen molar-refractivity contribution in [3.63, 3.8) is 0 Å². The van der Waals surface area contributed by atoms with Crippen LogP contribution in [0.25, 0.3) is 0 Å². The molecule has 0 bridgehead atoms. The number of carboxylic acid groups (broad SMARTS) is 1. The summed E-state index contributed by atoms with van der Waals surface area (Å²) in [7, 11) is 0. The Balaban J connectivity index is 3.48. The number of nitrogens with one attached hydrogen (secondary N) is 1. The summed E-state index contributed by atoms with van der Waals surface area (Å²) >= 11 is 0. The van der Waals surface area contributed by atoms with Gasteiger partial charge in [-0.1, -0.05) is 0 Å². The number of ether oxygens (including phenoxy) is 1. The first-order valence-corrected chi connectivity index (χ1v) is 5.90. The van der Waals surface area contributed by atoms with Crippen LogP contribution in [0.3, 0.4) is 0 Å². The fourth-order valence-corrected chi connectivity index (χ4v) is 1.56. The van der Waals surface area contributed by atoms with E-state index in [-0.39, 0.29) is 5.56 Å². The molecular weight excluding hydrogens is 323 g/mol. The number of rotatable bonds is 4. The van der Waals surface area contributed by atoms with Crippen LogP contribution in [-0.4, -0.2) is 29.8 Å². The van der Waals surface area contributed by atoms with Crippen molar-refractivity contribution < 1.29 is 42.2 Å². The van der Waals surface area contributed by atoms with Crippen molar-refractivity contribution in [1.29, 1.82) is 0 Å². The topological polar surface area (TPSA) is 113 Å². The van der Waals surface area contributed by atoms with E-state index in [1.165, 1.54) is 5.32 Å². The molecule has 1 aromatic rings. The third-order valence-electron chi connectivity index (χ3n) is 2.48. The van der Waals surface area contributed by atoms with Crippen molar-refractivity contribution in [2.45, 2.75) is 20.0 Å². The standard InChI is InChI=1S/C13H10F3NO6/c1-5(18)7-3-8(11(20)21)9(4-10(7)23-6(2)19)17-12(22)13(14,15)16/h3-4H,1-2H3,(H,17,22)(H,20,21)/p-1. The summed E-state index contributed by atoms with van der Waals surface area (Å²) in [4.78, 5) is 44.3. The van der Waals surface area contributed by atoms with Crippen LogP contribution in [0.4, 0.5) is 18.9 Å². The van der Waals surface area contributed by atoms with Gasteiger partial charge in [-0.2, -0.15) is 13.2 Å².